The molecule has 16 heteroatoms. The lowest BCUT2D eigenvalue weighted by molar-refractivity contribution is -0.187. The van der Waals surface area contributed by atoms with Gasteiger partial charge in [-0.3, -0.25) is 24.3 Å². The van der Waals surface area contributed by atoms with Crippen LogP contribution in [0.2, 0.25) is 5.02 Å². The van der Waals surface area contributed by atoms with Crippen LogP contribution in [-0.2, 0) is 33.4 Å². The van der Waals surface area contributed by atoms with Crippen LogP contribution in [0.25, 0.3) is 6.08 Å². The van der Waals surface area contributed by atoms with Crippen molar-refractivity contribution in [3.05, 3.63) is 63.5 Å². The quantitative estimate of drug-likeness (QED) is 0.164. The first-order valence-corrected chi connectivity index (χ1v) is 17.1. The van der Waals surface area contributed by atoms with Crippen LogP contribution in [0.5, 0.6) is 5.75 Å². The summed E-state index contributed by atoms with van der Waals surface area (Å²) in [6.45, 7) is 6.28. The Morgan fingerprint density at radius 1 is 1.16 bits per heavy atom. The molecule has 2 aliphatic heterocycles. The molecule has 4 N–H and O–H groups in total. The highest BCUT2D eigenvalue weighted by molar-refractivity contribution is 8.19. The van der Waals surface area contributed by atoms with Gasteiger partial charge in [-0.2, -0.15) is 0 Å². The monoisotopic (exact) mass is 733 g/mol. The molecule has 0 aromatic heterocycles. The number of benzene rings is 2. The van der Waals surface area contributed by atoms with Gasteiger partial charge >= 0.3 is 11.9 Å². The van der Waals surface area contributed by atoms with Gasteiger partial charge in [-0.05, 0) is 66.9 Å². The van der Waals surface area contributed by atoms with E-state index in [1.165, 1.54) is 11.8 Å². The zero-order valence-corrected chi connectivity index (χ0v) is 29.5. The van der Waals surface area contributed by atoms with Gasteiger partial charge in [0.15, 0.2) is 17.4 Å². The van der Waals surface area contributed by atoms with Gasteiger partial charge in [0.05, 0.1) is 22.2 Å². The number of amides is 2. The third kappa shape index (κ3) is 9.41. The molecule has 6 atom stereocenters. The van der Waals surface area contributed by atoms with Crippen molar-refractivity contribution in [3.8, 4) is 5.75 Å². The van der Waals surface area contributed by atoms with Crippen LogP contribution in [0.3, 0.4) is 0 Å². The molecule has 50 heavy (non-hydrogen) atoms. The highest BCUT2D eigenvalue weighted by atomic mass is 35.5. The topological polar surface area (TPSA) is 194 Å². The van der Waals surface area contributed by atoms with Gasteiger partial charge in [0.25, 0.3) is 11.8 Å². The zero-order valence-electron chi connectivity index (χ0n) is 27.9. The number of nitrogens with one attached hydrogen (secondary N) is 1. The number of hydrogen-bond acceptors (Lipinski definition) is 13. The van der Waals surface area contributed by atoms with Gasteiger partial charge in [0.1, 0.15) is 30.6 Å². The summed E-state index contributed by atoms with van der Waals surface area (Å²) < 4.78 is 21.0. The molecular formula is C34H40ClN3O11S. The number of aliphatic hydroxyl groups is 3. The van der Waals surface area contributed by atoms with Crippen LogP contribution in [0.4, 0.5) is 5.69 Å². The van der Waals surface area contributed by atoms with Crippen molar-refractivity contribution >= 4 is 64.0 Å². The van der Waals surface area contributed by atoms with Gasteiger partial charge in [0, 0.05) is 13.5 Å². The summed E-state index contributed by atoms with van der Waals surface area (Å²) in [7, 11) is 0. The van der Waals surface area contributed by atoms with Crippen molar-refractivity contribution in [2.24, 2.45) is 4.99 Å². The fourth-order valence-electron chi connectivity index (χ4n) is 4.95. The number of rotatable bonds is 14. The van der Waals surface area contributed by atoms with E-state index in [0.717, 1.165) is 24.6 Å². The van der Waals surface area contributed by atoms with Crippen LogP contribution >= 0.6 is 23.4 Å². The molecule has 0 saturated carbocycles. The minimum Gasteiger partial charge on any atom is -0.488 e. The smallest absolute Gasteiger partial charge is 0.329 e. The fourth-order valence-corrected chi connectivity index (χ4v) is 6.19. The first-order chi connectivity index (χ1) is 23.9. The molecule has 2 fully saturated rings. The number of para-hydroxylation sites is 1. The Kier molecular flexibility index (Phi) is 13.8. The molecule has 2 saturated heterocycles. The number of thioether (sulfide) groups is 1. The predicted molar refractivity (Wildman–Crippen MR) is 185 cm³/mol. The lowest BCUT2D eigenvalue weighted by atomic mass is 10.1. The number of aryl methyl sites for hydroxylation is 1. The molecular weight excluding hydrogens is 694 g/mol. The lowest BCUT2D eigenvalue weighted by Crippen LogP contribution is -2.50. The van der Waals surface area contributed by atoms with E-state index in [-0.39, 0.29) is 29.7 Å². The van der Waals surface area contributed by atoms with Crippen LogP contribution in [0.1, 0.15) is 44.7 Å². The SMILES string of the molecule is CCCN=C1S/C(=C\c2ccc(OC[C@@H](CO)OC(=O)[C@H](CC)NC(=O)[C@H]3O[C@H](OC(C)=O)[C@@H](O)[C@H]3O)c(Cl)c2)C(=O)N1c1ccccc1C. The second-order valence-corrected chi connectivity index (χ2v) is 12.8. The highest BCUT2D eigenvalue weighted by Crippen LogP contribution is 2.38. The molecule has 0 aliphatic carbocycles. The maximum atomic E-state index is 13.5. The molecule has 4 rings (SSSR count). The van der Waals surface area contributed by atoms with E-state index in [4.69, 9.17) is 30.5 Å². The molecule has 0 bridgehead atoms. The molecule has 2 aliphatic rings. The Bertz CT molecular complexity index is 1640. The predicted octanol–water partition coefficient (Wildman–Crippen LogP) is 2.72. The maximum absolute atomic E-state index is 13.5. The molecule has 2 aromatic carbocycles. The second-order valence-electron chi connectivity index (χ2n) is 11.4. The number of carbonyl (C=O) groups excluding carboxylic acids is 4. The van der Waals surface area contributed by atoms with Gasteiger partial charge < -0.3 is 39.6 Å². The molecule has 270 valence electrons. The Morgan fingerprint density at radius 2 is 1.90 bits per heavy atom. The minimum atomic E-state index is -1.72. The number of nitrogens with zero attached hydrogens (tertiary/aromatic N) is 2. The summed E-state index contributed by atoms with van der Waals surface area (Å²) in [4.78, 5) is 57.1. The number of aliphatic imine (C=N–C) groups is 1. The van der Waals surface area contributed by atoms with Gasteiger partial charge in [0.2, 0.25) is 6.29 Å². The van der Waals surface area contributed by atoms with Gasteiger partial charge in [-0.1, -0.05) is 49.7 Å². The standard InChI is InChI=1S/C34H40ClN3O11S/c1-5-13-36-34-38(24-10-8-7-9-18(24)3)31(44)26(50-34)15-20-11-12-25(22(35)14-20)46-17-21(16-39)48-32(45)23(6-2)37-30(43)29-27(41)28(42)33(49-29)47-19(4)40/h7-12,14-15,21,23,27-29,33,39,41-42H,5-6,13,16-17H2,1-4H3,(H,37,43)/b26-15-,36-34?/t21-,23+,27-,28+,29+,33+/m1/s1. The number of ether oxygens (including phenoxy) is 4. The number of anilines is 1. The van der Waals surface area contributed by atoms with E-state index in [9.17, 15) is 34.5 Å². The summed E-state index contributed by atoms with van der Waals surface area (Å²) in [5, 5.41) is 33.3. The third-order valence-corrected chi connectivity index (χ3v) is 8.87. The fraction of sp³-hybridized carbons (Fsp3) is 0.441. The summed E-state index contributed by atoms with van der Waals surface area (Å²) in [5.74, 6) is -2.61. The van der Waals surface area contributed by atoms with Crippen LogP contribution < -0.4 is 15.0 Å². The first kappa shape index (κ1) is 38.8. The van der Waals surface area contributed by atoms with Crippen LogP contribution in [0, 0.1) is 6.92 Å². The van der Waals surface area contributed by atoms with E-state index < -0.39 is 61.2 Å². The van der Waals surface area contributed by atoms with Gasteiger partial charge in [-0.15, -0.1) is 0 Å². The van der Waals surface area contributed by atoms with Gasteiger partial charge in [-0.25, -0.2) is 4.79 Å². The molecule has 2 heterocycles. The van der Waals surface area contributed by atoms with E-state index in [0.29, 0.717) is 22.2 Å². The Morgan fingerprint density at radius 3 is 2.54 bits per heavy atom. The number of esters is 2. The number of hydrogen-bond donors (Lipinski definition) is 4. The zero-order chi connectivity index (χ0) is 36.5. The molecule has 2 amide bonds. The molecule has 0 spiro atoms. The van der Waals surface area contributed by atoms with E-state index in [2.05, 4.69) is 10.3 Å². The largest absolute Gasteiger partial charge is 0.488 e. The Hall–Kier alpha value is -3.99. The Balaban J connectivity index is 1.37. The molecule has 0 unspecified atom stereocenters. The first-order valence-electron chi connectivity index (χ1n) is 15.9. The maximum Gasteiger partial charge on any atom is 0.329 e. The summed E-state index contributed by atoms with van der Waals surface area (Å²) in [6.07, 6.45) is -5.11. The second kappa shape index (κ2) is 17.8. The minimum absolute atomic E-state index is 0.0700. The van der Waals surface area contributed by atoms with Crippen LogP contribution in [-0.4, -0.2) is 101 Å². The average molecular weight is 734 g/mol. The normalized spacial score (nSPS) is 23.2. The number of carbonyl (C=O) groups is 4. The van der Waals surface area contributed by atoms with Crippen molar-refractivity contribution in [2.45, 2.75) is 77.3 Å². The summed E-state index contributed by atoms with van der Waals surface area (Å²) >= 11 is 7.78. The van der Waals surface area contributed by atoms with Crippen molar-refractivity contribution in [2.75, 3.05) is 24.7 Å². The molecule has 0 radical (unpaired) electrons. The van der Waals surface area contributed by atoms with E-state index >= 15 is 0 Å². The van der Waals surface area contributed by atoms with Crippen molar-refractivity contribution in [1.29, 1.82) is 0 Å². The molecule has 2 aromatic rings. The number of amidine groups is 1. The van der Waals surface area contributed by atoms with E-state index in [1.807, 2.05) is 38.1 Å². The Labute approximate surface area is 298 Å². The van der Waals surface area contributed by atoms with Crippen LogP contribution in [0.15, 0.2) is 52.4 Å². The van der Waals surface area contributed by atoms with Crippen molar-refractivity contribution < 1.29 is 53.4 Å². The summed E-state index contributed by atoms with van der Waals surface area (Å²) in [5.41, 5.74) is 2.33. The molecule has 14 nitrogen and oxygen atoms in total. The highest BCUT2D eigenvalue weighted by Gasteiger charge is 2.48. The average Bonchev–Trinajstić information content (AvgIpc) is 3.54. The number of halogens is 1. The summed E-state index contributed by atoms with van der Waals surface area (Å²) in [6, 6.07) is 11.3. The van der Waals surface area contributed by atoms with Crippen molar-refractivity contribution in [1.82, 2.24) is 5.32 Å². The van der Waals surface area contributed by atoms with E-state index in [1.54, 1.807) is 36.1 Å². The lowest BCUT2D eigenvalue weighted by Gasteiger charge is -2.22. The van der Waals surface area contributed by atoms with Crippen molar-refractivity contribution in [3.63, 3.8) is 0 Å². The third-order valence-electron chi connectivity index (χ3n) is 7.57. The number of aliphatic hydroxyl groups excluding tert-OH is 3.